The number of rotatable bonds is 12. The summed E-state index contributed by atoms with van der Waals surface area (Å²) in [5, 5.41) is 13.2. The highest BCUT2D eigenvalue weighted by Crippen LogP contribution is 2.26. The zero-order valence-corrected chi connectivity index (χ0v) is 23.9. The van der Waals surface area contributed by atoms with E-state index in [1.165, 1.54) is 0 Å². The zero-order chi connectivity index (χ0) is 28.2. The van der Waals surface area contributed by atoms with Crippen LogP contribution in [-0.4, -0.2) is 37.6 Å². The molecule has 3 unspecified atom stereocenters. The van der Waals surface area contributed by atoms with Crippen molar-refractivity contribution in [1.82, 2.24) is 21.3 Å². The van der Waals surface area contributed by atoms with Gasteiger partial charge in [-0.15, -0.1) is 0 Å². The number of halogens is 2. The van der Waals surface area contributed by atoms with Gasteiger partial charge >= 0.3 is 6.03 Å². The molecule has 0 bridgehead atoms. The molecule has 208 valence electrons. The fourth-order valence-electron chi connectivity index (χ4n) is 4.23. The molecule has 3 rings (SSSR count). The van der Waals surface area contributed by atoms with Gasteiger partial charge in [0.15, 0.2) is 0 Å². The van der Waals surface area contributed by atoms with Crippen LogP contribution in [0.25, 0.3) is 6.08 Å². The highest BCUT2D eigenvalue weighted by Gasteiger charge is 2.20. The van der Waals surface area contributed by atoms with E-state index >= 15 is 0 Å². The number of hydrogen-bond acceptors (Lipinski definition) is 4. The number of benzene rings is 2. The molecule has 0 spiro atoms. The maximum atomic E-state index is 13.0. The van der Waals surface area contributed by atoms with Gasteiger partial charge in [-0.3, -0.25) is 4.79 Å². The average Bonchev–Trinajstić information content (AvgIpc) is 2.93. The summed E-state index contributed by atoms with van der Waals surface area (Å²) in [6.45, 7) is 5.55. The standard InChI is InChI=1S/C30H37Cl2N5O2/c1-3-8-21-15-23(12-14-27(21)33)29(38)35-19-28(22-11-13-25(31)26(32)16-22)37-30(39)36-24(4-2)18-34-17-20-9-6-5-7-10-20/h3,5-9,11-16,20,24,28,34H,4,10,17-19,33H2,1-2H3,(H,35,38)(H2,36,37,39)/b8-3-. The van der Waals surface area contributed by atoms with Gasteiger partial charge in [0.25, 0.3) is 5.91 Å². The van der Waals surface area contributed by atoms with E-state index in [-0.39, 0.29) is 24.5 Å². The maximum absolute atomic E-state index is 13.0. The van der Waals surface area contributed by atoms with Gasteiger partial charge in [-0.05, 0) is 67.1 Å². The van der Waals surface area contributed by atoms with E-state index in [0.717, 1.165) is 30.5 Å². The second-order valence-corrected chi connectivity index (χ2v) is 10.3. The van der Waals surface area contributed by atoms with Gasteiger partial charge in [0.1, 0.15) is 0 Å². The molecule has 3 amide bonds. The number of carbonyl (C=O) groups excluding carboxylic acids is 2. The third-order valence-electron chi connectivity index (χ3n) is 6.51. The van der Waals surface area contributed by atoms with Crippen LogP contribution in [0.4, 0.5) is 10.5 Å². The minimum absolute atomic E-state index is 0.0584. The smallest absolute Gasteiger partial charge is 0.315 e. The molecule has 1 aliphatic carbocycles. The summed E-state index contributed by atoms with van der Waals surface area (Å²) in [4.78, 5) is 26.0. The van der Waals surface area contributed by atoms with Gasteiger partial charge in [0.2, 0.25) is 0 Å². The Morgan fingerprint density at radius 3 is 2.59 bits per heavy atom. The van der Waals surface area contributed by atoms with E-state index < -0.39 is 6.04 Å². The number of nitrogens with one attached hydrogen (secondary N) is 4. The van der Waals surface area contributed by atoms with Gasteiger partial charge in [-0.2, -0.15) is 0 Å². The highest BCUT2D eigenvalue weighted by atomic mass is 35.5. The van der Waals surface area contributed by atoms with E-state index in [1.807, 2.05) is 26.0 Å². The summed E-state index contributed by atoms with van der Waals surface area (Å²) in [6.07, 6.45) is 14.0. The molecule has 0 saturated carbocycles. The molecule has 0 aromatic heterocycles. The number of anilines is 1. The minimum atomic E-state index is -0.544. The van der Waals surface area contributed by atoms with Gasteiger partial charge in [0, 0.05) is 36.9 Å². The summed E-state index contributed by atoms with van der Waals surface area (Å²) in [5.41, 5.74) is 8.54. The van der Waals surface area contributed by atoms with Crippen LogP contribution in [0.1, 0.15) is 54.2 Å². The normalized spacial score (nSPS) is 16.2. The summed E-state index contributed by atoms with van der Waals surface area (Å²) >= 11 is 12.4. The highest BCUT2D eigenvalue weighted by molar-refractivity contribution is 6.42. The van der Waals surface area contributed by atoms with Crippen molar-refractivity contribution < 1.29 is 9.59 Å². The average molecular weight is 571 g/mol. The molecular weight excluding hydrogens is 533 g/mol. The molecule has 1 aliphatic rings. The van der Waals surface area contributed by atoms with Gasteiger partial charge in [-0.1, -0.05) is 72.6 Å². The third kappa shape index (κ3) is 9.46. The number of amides is 3. The van der Waals surface area contributed by atoms with Crippen LogP contribution in [0.15, 0.2) is 66.8 Å². The number of hydrogen-bond donors (Lipinski definition) is 5. The molecule has 6 N–H and O–H groups in total. The first-order valence-electron chi connectivity index (χ1n) is 13.2. The Bertz CT molecular complexity index is 1230. The van der Waals surface area contributed by atoms with Crippen molar-refractivity contribution in [3.63, 3.8) is 0 Å². The zero-order valence-electron chi connectivity index (χ0n) is 22.3. The van der Waals surface area contributed by atoms with Crippen LogP contribution >= 0.6 is 23.2 Å². The van der Waals surface area contributed by atoms with Crippen molar-refractivity contribution in [1.29, 1.82) is 0 Å². The first kappa shape index (κ1) is 30.3. The van der Waals surface area contributed by atoms with Crippen LogP contribution in [-0.2, 0) is 0 Å². The Morgan fingerprint density at radius 2 is 1.90 bits per heavy atom. The molecule has 2 aromatic carbocycles. The predicted molar refractivity (Wildman–Crippen MR) is 162 cm³/mol. The monoisotopic (exact) mass is 569 g/mol. The van der Waals surface area contributed by atoms with Crippen LogP contribution in [0, 0.1) is 5.92 Å². The molecule has 7 nitrogen and oxygen atoms in total. The lowest BCUT2D eigenvalue weighted by atomic mass is 10.0. The molecular formula is C30H37Cl2N5O2. The quantitative estimate of drug-likeness (QED) is 0.206. The van der Waals surface area contributed by atoms with Crippen LogP contribution in [0.3, 0.4) is 0 Å². The Labute approximate surface area is 240 Å². The fourth-order valence-corrected chi connectivity index (χ4v) is 4.53. The Morgan fingerprint density at radius 1 is 1.08 bits per heavy atom. The number of carbonyl (C=O) groups is 2. The minimum Gasteiger partial charge on any atom is -0.398 e. The molecule has 0 saturated heterocycles. The molecule has 2 aromatic rings. The number of nitrogen functional groups attached to an aromatic ring is 1. The second kappa shape index (κ2) is 15.4. The second-order valence-electron chi connectivity index (χ2n) is 9.47. The third-order valence-corrected chi connectivity index (χ3v) is 7.25. The molecule has 39 heavy (non-hydrogen) atoms. The molecule has 9 heteroatoms. The summed E-state index contributed by atoms with van der Waals surface area (Å²) in [6, 6.07) is 9.31. The first-order valence-corrected chi connectivity index (χ1v) is 13.9. The van der Waals surface area contributed by atoms with E-state index in [9.17, 15) is 9.59 Å². The molecule has 0 fully saturated rings. The largest absolute Gasteiger partial charge is 0.398 e. The molecule has 3 atom stereocenters. The number of allylic oxidation sites excluding steroid dienone is 4. The Hall–Kier alpha value is -3.26. The predicted octanol–water partition coefficient (Wildman–Crippen LogP) is 5.88. The van der Waals surface area contributed by atoms with Crippen molar-refractivity contribution in [2.24, 2.45) is 5.92 Å². The van der Waals surface area contributed by atoms with Crippen molar-refractivity contribution in [2.75, 3.05) is 25.4 Å². The van der Waals surface area contributed by atoms with Crippen molar-refractivity contribution >= 4 is 46.9 Å². The lowest BCUT2D eigenvalue weighted by Crippen LogP contribution is -2.49. The number of nitrogens with two attached hydrogens (primary N) is 1. The first-order chi connectivity index (χ1) is 18.8. The van der Waals surface area contributed by atoms with Crippen molar-refractivity contribution in [3.05, 3.63) is 93.5 Å². The number of urea groups is 1. The van der Waals surface area contributed by atoms with Gasteiger partial charge in [-0.25, -0.2) is 4.79 Å². The van der Waals surface area contributed by atoms with Gasteiger partial charge < -0.3 is 27.0 Å². The molecule has 0 radical (unpaired) electrons. The Kier molecular flexibility index (Phi) is 11.9. The van der Waals surface area contributed by atoms with Crippen LogP contribution in [0.2, 0.25) is 10.0 Å². The fraction of sp³-hybridized carbons (Fsp3) is 0.333. The lowest BCUT2D eigenvalue weighted by Gasteiger charge is -2.24. The summed E-state index contributed by atoms with van der Waals surface area (Å²) in [7, 11) is 0. The lowest BCUT2D eigenvalue weighted by molar-refractivity contribution is 0.0949. The molecule has 0 aliphatic heterocycles. The van der Waals surface area contributed by atoms with Crippen molar-refractivity contribution in [2.45, 2.75) is 38.8 Å². The SMILES string of the molecule is C/C=C\c1cc(C(=O)NCC(NC(=O)NC(CC)CNCC2C=CC=CC2)c2ccc(Cl)c(Cl)c2)ccc1N. The summed E-state index contributed by atoms with van der Waals surface area (Å²) in [5.74, 6) is 0.175. The van der Waals surface area contributed by atoms with E-state index in [0.29, 0.717) is 33.8 Å². The van der Waals surface area contributed by atoms with Gasteiger partial charge in [0.05, 0.1) is 16.1 Å². The summed E-state index contributed by atoms with van der Waals surface area (Å²) < 4.78 is 0. The van der Waals surface area contributed by atoms with Crippen LogP contribution in [0.5, 0.6) is 0 Å². The van der Waals surface area contributed by atoms with E-state index in [4.69, 9.17) is 28.9 Å². The van der Waals surface area contributed by atoms with Crippen LogP contribution < -0.4 is 27.0 Å². The van der Waals surface area contributed by atoms with E-state index in [2.05, 4.69) is 45.6 Å². The van der Waals surface area contributed by atoms with E-state index in [1.54, 1.807) is 36.4 Å². The molecule has 0 heterocycles. The van der Waals surface area contributed by atoms with Crippen molar-refractivity contribution in [3.8, 4) is 0 Å². The topological polar surface area (TPSA) is 108 Å². The maximum Gasteiger partial charge on any atom is 0.315 e. The Balaban J connectivity index is 1.64.